The summed E-state index contributed by atoms with van der Waals surface area (Å²) in [6.45, 7) is 5.74. The highest BCUT2D eigenvalue weighted by molar-refractivity contribution is 5.86. The number of hydrogen-bond acceptors (Lipinski definition) is 6. The number of fused-ring (bicyclic) bond motifs is 1. The molecule has 0 unspecified atom stereocenters. The van der Waals surface area contributed by atoms with Crippen LogP contribution < -0.4 is 5.32 Å². The van der Waals surface area contributed by atoms with Crippen molar-refractivity contribution < 1.29 is 13.7 Å². The highest BCUT2D eigenvalue weighted by Gasteiger charge is 2.19. The average Bonchev–Trinajstić information content (AvgIpc) is 3.15. The van der Waals surface area contributed by atoms with Gasteiger partial charge in [-0.15, -0.1) is 10.2 Å². The molecule has 0 spiro atoms. The monoisotopic (exact) mass is 314 g/mol. The van der Waals surface area contributed by atoms with Crippen molar-refractivity contribution in [1.29, 1.82) is 0 Å². The van der Waals surface area contributed by atoms with Gasteiger partial charge < -0.3 is 14.3 Å². The smallest absolute Gasteiger partial charge is 0.238 e. The number of benzene rings is 1. The summed E-state index contributed by atoms with van der Waals surface area (Å²) < 4.78 is 10.7. The zero-order chi connectivity index (χ0) is 16.4. The molecule has 0 radical (unpaired) electrons. The van der Waals surface area contributed by atoms with E-state index in [2.05, 4.69) is 20.7 Å². The Kier molecular flexibility index (Phi) is 4.10. The molecule has 1 aromatic carbocycles. The van der Waals surface area contributed by atoms with E-state index >= 15 is 0 Å². The van der Waals surface area contributed by atoms with Crippen molar-refractivity contribution in [2.75, 3.05) is 0 Å². The Morgan fingerprint density at radius 2 is 1.91 bits per heavy atom. The Balaban J connectivity index is 1.66. The van der Waals surface area contributed by atoms with Crippen molar-refractivity contribution in [3.05, 3.63) is 41.7 Å². The maximum absolute atomic E-state index is 12.2. The van der Waals surface area contributed by atoms with Crippen molar-refractivity contribution in [3.8, 4) is 0 Å². The lowest BCUT2D eigenvalue weighted by atomic mass is 10.1. The van der Waals surface area contributed by atoms with Gasteiger partial charge in [0.15, 0.2) is 5.58 Å². The number of rotatable bonds is 5. The molecule has 3 aromatic rings. The van der Waals surface area contributed by atoms with Crippen LogP contribution in [0.4, 0.5) is 0 Å². The van der Waals surface area contributed by atoms with Gasteiger partial charge in [0, 0.05) is 11.3 Å². The van der Waals surface area contributed by atoms with E-state index < -0.39 is 0 Å². The van der Waals surface area contributed by atoms with Crippen molar-refractivity contribution in [2.24, 2.45) is 0 Å². The molecule has 7 nitrogen and oxygen atoms in total. The van der Waals surface area contributed by atoms with Crippen LogP contribution >= 0.6 is 0 Å². The van der Waals surface area contributed by atoms with Crippen LogP contribution in [0, 0.1) is 0 Å². The van der Waals surface area contributed by atoms with Gasteiger partial charge in [0.2, 0.25) is 17.7 Å². The number of nitrogens with zero attached hydrogens (tertiary/aromatic N) is 3. The Hall–Kier alpha value is -2.70. The molecule has 23 heavy (non-hydrogen) atoms. The van der Waals surface area contributed by atoms with Crippen LogP contribution in [0.2, 0.25) is 0 Å². The lowest BCUT2D eigenvalue weighted by molar-refractivity contribution is -0.121. The first-order chi connectivity index (χ1) is 11.0. The number of amides is 1. The van der Waals surface area contributed by atoms with Gasteiger partial charge >= 0.3 is 0 Å². The highest BCUT2D eigenvalue weighted by atomic mass is 16.5. The molecule has 7 heteroatoms. The third kappa shape index (κ3) is 3.23. The van der Waals surface area contributed by atoms with Gasteiger partial charge in [-0.05, 0) is 19.1 Å². The van der Waals surface area contributed by atoms with E-state index in [-0.39, 0.29) is 24.3 Å². The number of carbonyl (C=O) groups is 1. The van der Waals surface area contributed by atoms with Gasteiger partial charge in [-0.1, -0.05) is 31.1 Å². The molecule has 0 saturated heterocycles. The summed E-state index contributed by atoms with van der Waals surface area (Å²) in [5.41, 5.74) is 1.28. The summed E-state index contributed by atoms with van der Waals surface area (Å²) in [5.74, 6) is 0.928. The Bertz CT molecular complexity index is 821. The van der Waals surface area contributed by atoms with Crippen LogP contribution in [-0.4, -0.2) is 21.3 Å². The summed E-state index contributed by atoms with van der Waals surface area (Å²) in [7, 11) is 0. The zero-order valence-corrected chi connectivity index (χ0v) is 13.2. The van der Waals surface area contributed by atoms with E-state index in [0.29, 0.717) is 23.1 Å². The summed E-state index contributed by atoms with van der Waals surface area (Å²) in [5, 5.41) is 15.6. The van der Waals surface area contributed by atoms with Gasteiger partial charge in [-0.25, -0.2) is 0 Å². The van der Waals surface area contributed by atoms with E-state index in [1.165, 1.54) is 0 Å². The first kappa shape index (κ1) is 15.2. The lowest BCUT2D eigenvalue weighted by Crippen LogP contribution is -2.28. The molecule has 0 fully saturated rings. The summed E-state index contributed by atoms with van der Waals surface area (Å²) in [6, 6.07) is 7.08. The Morgan fingerprint density at radius 3 is 2.65 bits per heavy atom. The standard InChI is InChI=1S/C16H18N4O3/c1-9(2)15-18-19-16(22-15)10(3)17-14(21)8-12-11-6-4-5-7-13(11)23-20-12/h4-7,9-10H,8H2,1-3H3,(H,17,21)/t10-/m0/s1. The number of hydrogen-bond donors (Lipinski definition) is 1. The molecule has 120 valence electrons. The van der Waals surface area contributed by atoms with Crippen molar-refractivity contribution in [3.63, 3.8) is 0 Å². The minimum absolute atomic E-state index is 0.131. The summed E-state index contributed by atoms with van der Waals surface area (Å²) in [4.78, 5) is 12.2. The molecule has 1 amide bonds. The Labute approximate surface area is 133 Å². The van der Waals surface area contributed by atoms with Gasteiger partial charge in [0.05, 0.1) is 6.42 Å². The maximum atomic E-state index is 12.2. The molecule has 0 aliphatic heterocycles. The fourth-order valence-electron chi connectivity index (χ4n) is 2.23. The second kappa shape index (κ2) is 6.20. The Morgan fingerprint density at radius 1 is 1.17 bits per heavy atom. The number of carbonyl (C=O) groups excluding carboxylic acids is 1. The molecule has 0 aliphatic carbocycles. The normalized spacial score (nSPS) is 12.7. The molecule has 0 saturated carbocycles. The van der Waals surface area contributed by atoms with Gasteiger partial charge in [-0.2, -0.15) is 0 Å². The van der Waals surface area contributed by atoms with Crippen LogP contribution in [0.25, 0.3) is 11.0 Å². The second-order valence-electron chi connectivity index (χ2n) is 5.72. The molecule has 0 aliphatic rings. The summed E-state index contributed by atoms with van der Waals surface area (Å²) >= 11 is 0. The predicted octanol–water partition coefficient (Wildman–Crippen LogP) is 2.75. The second-order valence-corrected chi connectivity index (χ2v) is 5.72. The molecule has 2 heterocycles. The largest absolute Gasteiger partial charge is 0.423 e. The van der Waals surface area contributed by atoms with E-state index in [1.54, 1.807) is 6.92 Å². The van der Waals surface area contributed by atoms with Crippen LogP contribution in [0.15, 0.2) is 33.2 Å². The van der Waals surface area contributed by atoms with Crippen molar-refractivity contribution in [1.82, 2.24) is 20.7 Å². The van der Waals surface area contributed by atoms with Crippen molar-refractivity contribution >= 4 is 16.9 Å². The molecule has 3 rings (SSSR count). The number of nitrogens with one attached hydrogen (secondary N) is 1. The minimum atomic E-state index is -0.360. The van der Waals surface area contributed by atoms with E-state index in [4.69, 9.17) is 8.94 Å². The first-order valence-corrected chi connectivity index (χ1v) is 7.50. The third-order valence-corrected chi connectivity index (χ3v) is 3.48. The molecule has 0 bridgehead atoms. The third-order valence-electron chi connectivity index (χ3n) is 3.48. The molecular formula is C16H18N4O3. The topological polar surface area (TPSA) is 94.1 Å². The molecule has 1 atom stereocenters. The van der Waals surface area contributed by atoms with E-state index in [9.17, 15) is 4.79 Å². The SMILES string of the molecule is CC(C)c1nnc([C@H](C)NC(=O)Cc2noc3ccccc23)o1. The average molecular weight is 314 g/mol. The van der Waals surface area contributed by atoms with Gasteiger partial charge in [0.25, 0.3) is 0 Å². The van der Waals surface area contributed by atoms with Crippen LogP contribution in [0.5, 0.6) is 0 Å². The predicted molar refractivity (Wildman–Crippen MR) is 82.7 cm³/mol. The fraction of sp³-hybridized carbons (Fsp3) is 0.375. The van der Waals surface area contributed by atoms with Crippen LogP contribution in [0.1, 0.15) is 50.2 Å². The zero-order valence-electron chi connectivity index (χ0n) is 13.2. The molecule has 2 aromatic heterocycles. The lowest BCUT2D eigenvalue weighted by Gasteiger charge is -2.09. The van der Waals surface area contributed by atoms with Crippen molar-refractivity contribution in [2.45, 2.75) is 39.2 Å². The quantitative estimate of drug-likeness (QED) is 0.778. The van der Waals surface area contributed by atoms with Crippen LogP contribution in [-0.2, 0) is 11.2 Å². The number of aromatic nitrogens is 3. The van der Waals surface area contributed by atoms with Gasteiger partial charge in [-0.3, -0.25) is 4.79 Å². The highest BCUT2D eigenvalue weighted by Crippen LogP contribution is 2.19. The van der Waals surface area contributed by atoms with Gasteiger partial charge in [0.1, 0.15) is 11.7 Å². The number of para-hydroxylation sites is 1. The first-order valence-electron chi connectivity index (χ1n) is 7.50. The van der Waals surface area contributed by atoms with Crippen LogP contribution in [0.3, 0.4) is 0 Å². The minimum Gasteiger partial charge on any atom is -0.423 e. The summed E-state index contributed by atoms with van der Waals surface area (Å²) in [6.07, 6.45) is 0.131. The van der Waals surface area contributed by atoms with E-state index in [0.717, 1.165) is 5.39 Å². The molecule has 1 N–H and O–H groups in total. The van der Waals surface area contributed by atoms with E-state index in [1.807, 2.05) is 38.1 Å². The maximum Gasteiger partial charge on any atom is 0.238 e. The molecular weight excluding hydrogens is 296 g/mol. The fourth-order valence-corrected chi connectivity index (χ4v) is 2.23.